The number of hydrogen-bond donors (Lipinski definition) is 0. The highest BCUT2D eigenvalue weighted by Gasteiger charge is 2.30. The molecule has 5 heteroatoms. The van der Waals surface area contributed by atoms with Crippen molar-refractivity contribution in [1.29, 1.82) is 0 Å². The summed E-state index contributed by atoms with van der Waals surface area (Å²) in [6.45, 7) is 1.28. The highest BCUT2D eigenvalue weighted by molar-refractivity contribution is 5.94. The number of amides is 1. The monoisotopic (exact) mass is 385 g/mol. The van der Waals surface area contributed by atoms with Gasteiger partial charge < -0.3 is 4.90 Å². The predicted octanol–water partition coefficient (Wildman–Crippen LogP) is 3.50. The molecule has 5 nitrogen and oxygen atoms in total. The Morgan fingerprint density at radius 1 is 1.17 bits per heavy atom. The van der Waals surface area contributed by atoms with Gasteiger partial charge >= 0.3 is 0 Å². The quantitative estimate of drug-likeness (QED) is 0.790. The lowest BCUT2D eigenvalue weighted by atomic mass is 9.93. The van der Waals surface area contributed by atoms with E-state index < -0.39 is 0 Å². The lowest BCUT2D eigenvalue weighted by Gasteiger charge is -2.27. The summed E-state index contributed by atoms with van der Waals surface area (Å²) in [5.74, 6) is 0.618. The predicted molar refractivity (Wildman–Crippen MR) is 111 cm³/mol. The molecule has 0 bridgehead atoms. The fraction of sp³-hybridized carbons (Fsp3) is 0.333. The van der Waals surface area contributed by atoms with Crippen molar-refractivity contribution in [1.82, 2.24) is 14.9 Å². The zero-order chi connectivity index (χ0) is 19.8. The zero-order valence-electron chi connectivity index (χ0n) is 16.3. The average molecular weight is 385 g/mol. The van der Waals surface area contributed by atoms with Gasteiger partial charge in [-0.3, -0.25) is 19.6 Å². The Morgan fingerprint density at radius 3 is 2.72 bits per heavy atom. The molecule has 1 aliphatic heterocycles. The molecule has 0 N–H and O–H groups in total. The van der Waals surface area contributed by atoms with Gasteiger partial charge in [0.15, 0.2) is 0 Å². The van der Waals surface area contributed by atoms with Gasteiger partial charge in [-0.1, -0.05) is 18.2 Å². The fourth-order valence-electron chi connectivity index (χ4n) is 4.16. The van der Waals surface area contributed by atoms with E-state index in [1.54, 1.807) is 24.5 Å². The molecule has 2 aromatic heterocycles. The van der Waals surface area contributed by atoms with Crippen molar-refractivity contribution in [3.63, 3.8) is 0 Å². The molecule has 3 heterocycles. The molecule has 29 heavy (non-hydrogen) atoms. The maximum Gasteiger partial charge on any atom is 0.254 e. The first-order valence-electron chi connectivity index (χ1n) is 10.3. The van der Waals surface area contributed by atoms with Crippen LogP contribution in [0.25, 0.3) is 11.6 Å². The Morgan fingerprint density at radius 2 is 2.00 bits per heavy atom. The van der Waals surface area contributed by atoms with Gasteiger partial charge in [0.1, 0.15) is 5.78 Å². The third-order valence-electron chi connectivity index (χ3n) is 5.94. The second-order valence-corrected chi connectivity index (χ2v) is 8.01. The number of ketones is 1. The summed E-state index contributed by atoms with van der Waals surface area (Å²) in [5.41, 5.74) is 6.22. The van der Waals surface area contributed by atoms with Crippen LogP contribution in [-0.4, -0.2) is 39.6 Å². The number of Topliss-reactive ketones (excluding diaryl/α,β-unsaturated/α-hetero) is 1. The van der Waals surface area contributed by atoms with E-state index in [1.807, 2.05) is 4.90 Å². The number of allylic oxidation sites excluding steroid dienone is 1. The summed E-state index contributed by atoms with van der Waals surface area (Å²) in [4.78, 5) is 35.6. The van der Waals surface area contributed by atoms with E-state index in [-0.39, 0.29) is 11.8 Å². The highest BCUT2D eigenvalue weighted by atomic mass is 16.2. The second kappa shape index (κ2) is 7.39. The molecule has 1 amide bonds. The summed E-state index contributed by atoms with van der Waals surface area (Å²) in [6, 6.07) is 5.61. The van der Waals surface area contributed by atoms with Crippen LogP contribution in [-0.2, 0) is 17.6 Å². The lowest BCUT2D eigenvalue weighted by Crippen LogP contribution is -2.34. The number of carbonyl (C=O) groups excluding carboxylic acids is 2. The third kappa shape index (κ3) is 3.65. The minimum atomic E-state index is 0.0401. The van der Waals surface area contributed by atoms with E-state index in [2.05, 4.69) is 29.3 Å². The van der Waals surface area contributed by atoms with Crippen molar-refractivity contribution in [3.05, 3.63) is 70.8 Å². The first-order chi connectivity index (χ1) is 14.2. The molecule has 2 aliphatic carbocycles. The Hall–Kier alpha value is -3.08. The highest BCUT2D eigenvalue weighted by Crippen LogP contribution is 2.34. The molecule has 1 saturated carbocycles. The number of fused-ring (bicyclic) bond motifs is 1. The number of rotatable bonds is 5. The maximum atomic E-state index is 12.7. The zero-order valence-corrected chi connectivity index (χ0v) is 16.3. The molecule has 0 atom stereocenters. The Balaban J connectivity index is 1.38. The molecule has 0 saturated heterocycles. The van der Waals surface area contributed by atoms with Crippen molar-refractivity contribution in [3.8, 4) is 0 Å². The van der Waals surface area contributed by atoms with Gasteiger partial charge in [-0.05, 0) is 48.6 Å². The largest absolute Gasteiger partial charge is 0.335 e. The van der Waals surface area contributed by atoms with E-state index in [0.717, 1.165) is 37.1 Å². The standard InChI is InChI=1S/C24H23N3O2/c28-23(17-4-5-17)15-19-14-21(20-2-1-3-22(20)26-19)16-8-12-27(13-9-16)24(29)18-6-10-25-11-7-18/h1-2,6-8,10-11,14,17H,3-5,9,12-13,15H2. The smallest absolute Gasteiger partial charge is 0.254 e. The van der Waals surface area contributed by atoms with Crippen LogP contribution in [0.15, 0.2) is 42.7 Å². The molecule has 3 aliphatic rings. The van der Waals surface area contributed by atoms with Gasteiger partial charge in [0.05, 0.1) is 5.69 Å². The summed E-state index contributed by atoms with van der Waals surface area (Å²) >= 11 is 0. The van der Waals surface area contributed by atoms with Gasteiger partial charge in [-0.15, -0.1) is 0 Å². The van der Waals surface area contributed by atoms with Crippen molar-refractivity contribution >= 4 is 23.3 Å². The van der Waals surface area contributed by atoms with Crippen LogP contribution in [0.3, 0.4) is 0 Å². The van der Waals surface area contributed by atoms with Gasteiger partial charge in [0.2, 0.25) is 0 Å². The molecule has 2 aromatic rings. The van der Waals surface area contributed by atoms with Crippen LogP contribution in [0.1, 0.15) is 52.1 Å². The number of pyridine rings is 2. The topological polar surface area (TPSA) is 63.2 Å². The molecule has 5 rings (SSSR count). The SMILES string of the molecule is O=C(Cc1cc(C2=CCN(C(=O)c3ccncc3)CC2)c2c(n1)CC=C2)C1CC1. The van der Waals surface area contributed by atoms with Crippen LogP contribution >= 0.6 is 0 Å². The summed E-state index contributed by atoms with van der Waals surface area (Å²) in [7, 11) is 0. The normalized spacial score (nSPS) is 17.8. The van der Waals surface area contributed by atoms with Crippen LogP contribution in [0, 0.1) is 5.92 Å². The van der Waals surface area contributed by atoms with Gasteiger partial charge in [-0.25, -0.2) is 0 Å². The number of aromatic nitrogens is 2. The maximum absolute atomic E-state index is 12.7. The van der Waals surface area contributed by atoms with E-state index in [4.69, 9.17) is 4.98 Å². The van der Waals surface area contributed by atoms with Crippen molar-refractivity contribution < 1.29 is 9.59 Å². The van der Waals surface area contributed by atoms with E-state index in [0.29, 0.717) is 30.9 Å². The number of nitrogens with zero attached hydrogens (tertiary/aromatic N) is 3. The average Bonchev–Trinajstić information content (AvgIpc) is 3.51. The second-order valence-electron chi connectivity index (χ2n) is 8.01. The minimum absolute atomic E-state index is 0.0401. The van der Waals surface area contributed by atoms with Crippen molar-refractivity contribution in [2.24, 2.45) is 5.92 Å². The van der Waals surface area contributed by atoms with Crippen LogP contribution in [0.5, 0.6) is 0 Å². The first-order valence-corrected chi connectivity index (χ1v) is 10.3. The van der Waals surface area contributed by atoms with E-state index >= 15 is 0 Å². The van der Waals surface area contributed by atoms with Crippen molar-refractivity contribution in [2.45, 2.75) is 32.1 Å². The van der Waals surface area contributed by atoms with Gasteiger partial charge in [-0.2, -0.15) is 0 Å². The number of hydrogen-bond acceptors (Lipinski definition) is 4. The molecular formula is C24H23N3O2. The molecule has 0 aromatic carbocycles. The summed E-state index contributed by atoms with van der Waals surface area (Å²) < 4.78 is 0. The Bertz CT molecular complexity index is 1040. The Labute approximate surface area is 170 Å². The molecule has 0 spiro atoms. The molecule has 0 radical (unpaired) electrons. The first kappa shape index (κ1) is 18.0. The Kier molecular flexibility index (Phi) is 4.58. The van der Waals surface area contributed by atoms with Crippen LogP contribution in [0.4, 0.5) is 0 Å². The van der Waals surface area contributed by atoms with E-state index in [9.17, 15) is 9.59 Å². The lowest BCUT2D eigenvalue weighted by molar-refractivity contribution is -0.119. The van der Waals surface area contributed by atoms with Crippen molar-refractivity contribution in [2.75, 3.05) is 13.1 Å². The molecule has 1 fully saturated rings. The van der Waals surface area contributed by atoms with E-state index in [1.165, 1.54) is 16.7 Å². The minimum Gasteiger partial charge on any atom is -0.335 e. The third-order valence-corrected chi connectivity index (χ3v) is 5.94. The molecule has 146 valence electrons. The molecule has 0 unspecified atom stereocenters. The number of carbonyl (C=O) groups is 2. The van der Waals surface area contributed by atoms with Crippen LogP contribution < -0.4 is 0 Å². The summed E-state index contributed by atoms with van der Waals surface area (Å²) in [5, 5.41) is 0. The summed E-state index contributed by atoms with van der Waals surface area (Å²) in [6.07, 6.45) is 13.8. The van der Waals surface area contributed by atoms with Gasteiger partial charge in [0.25, 0.3) is 5.91 Å². The molecular weight excluding hydrogens is 362 g/mol. The fourth-order valence-corrected chi connectivity index (χ4v) is 4.16. The van der Waals surface area contributed by atoms with Gasteiger partial charge in [0, 0.05) is 61.1 Å². The van der Waals surface area contributed by atoms with Crippen LogP contribution in [0.2, 0.25) is 0 Å².